The molecule has 2 rings (SSSR count). The molecule has 2 aromatic rings. The minimum absolute atomic E-state index is 0.0227. The lowest BCUT2D eigenvalue weighted by atomic mass is 9.87. The first-order valence-electron chi connectivity index (χ1n) is 7.02. The number of rotatable bonds is 5. The molecule has 6 heteroatoms. The van der Waals surface area contributed by atoms with Crippen molar-refractivity contribution in [1.82, 2.24) is 4.72 Å². The van der Waals surface area contributed by atoms with Crippen molar-refractivity contribution in [2.45, 2.75) is 37.2 Å². The molecule has 22 heavy (non-hydrogen) atoms. The van der Waals surface area contributed by atoms with Crippen LogP contribution < -0.4 is 4.72 Å². The van der Waals surface area contributed by atoms with Gasteiger partial charge in [-0.1, -0.05) is 39.0 Å². The van der Waals surface area contributed by atoms with Crippen LogP contribution in [0.25, 0.3) is 0 Å². The molecule has 0 saturated carbocycles. The summed E-state index contributed by atoms with van der Waals surface area (Å²) in [6, 6.07) is 10.4. The third-order valence-corrected chi connectivity index (χ3v) is 5.78. The van der Waals surface area contributed by atoms with Crippen LogP contribution in [0.4, 0.5) is 0 Å². The Morgan fingerprint density at radius 2 is 1.82 bits per heavy atom. The molecule has 0 aliphatic rings. The van der Waals surface area contributed by atoms with Crippen molar-refractivity contribution in [3.63, 3.8) is 0 Å². The largest absolute Gasteiger partial charge is 0.386 e. The second-order valence-corrected chi connectivity index (χ2v) is 8.90. The van der Waals surface area contributed by atoms with Gasteiger partial charge in [0.2, 0.25) is 10.0 Å². The zero-order chi connectivity index (χ0) is 16.4. The minimum Gasteiger partial charge on any atom is -0.386 e. The van der Waals surface area contributed by atoms with Crippen LogP contribution in [-0.4, -0.2) is 20.1 Å². The third-order valence-electron chi connectivity index (χ3n) is 3.37. The number of nitrogens with one attached hydrogen (secondary N) is 1. The number of benzene rings is 1. The van der Waals surface area contributed by atoms with Gasteiger partial charge in [-0.3, -0.25) is 0 Å². The van der Waals surface area contributed by atoms with Gasteiger partial charge in [-0.15, -0.1) is 11.3 Å². The van der Waals surface area contributed by atoms with E-state index in [1.807, 2.05) is 23.6 Å². The van der Waals surface area contributed by atoms with E-state index in [0.717, 1.165) is 10.4 Å². The molecular formula is C16H21NO3S2. The normalized spacial score (nSPS) is 14.0. The fraction of sp³-hybridized carbons (Fsp3) is 0.375. The summed E-state index contributed by atoms with van der Waals surface area (Å²) in [4.78, 5) is 0.949. The molecule has 0 saturated heterocycles. The molecule has 120 valence electrons. The molecule has 1 atom stereocenters. The quantitative estimate of drug-likeness (QED) is 0.880. The summed E-state index contributed by atoms with van der Waals surface area (Å²) < 4.78 is 26.9. The Morgan fingerprint density at radius 1 is 1.18 bits per heavy atom. The smallest absolute Gasteiger partial charge is 0.240 e. The Hall–Kier alpha value is -1.21. The summed E-state index contributed by atoms with van der Waals surface area (Å²) in [5, 5.41) is 11.8. The summed E-state index contributed by atoms with van der Waals surface area (Å²) in [5.41, 5.74) is 1.05. The van der Waals surface area contributed by atoms with Gasteiger partial charge in [0.1, 0.15) is 6.10 Å². The van der Waals surface area contributed by atoms with Crippen molar-refractivity contribution in [3.05, 3.63) is 52.2 Å². The van der Waals surface area contributed by atoms with Crippen molar-refractivity contribution in [2.24, 2.45) is 0 Å². The lowest BCUT2D eigenvalue weighted by Gasteiger charge is -2.19. The number of hydrogen-bond donors (Lipinski definition) is 2. The van der Waals surface area contributed by atoms with Gasteiger partial charge in [0.05, 0.1) is 4.90 Å². The Labute approximate surface area is 135 Å². The average Bonchev–Trinajstić information content (AvgIpc) is 2.98. The number of aliphatic hydroxyl groups is 1. The number of sulfonamides is 1. The predicted molar refractivity (Wildman–Crippen MR) is 89.6 cm³/mol. The van der Waals surface area contributed by atoms with Crippen LogP contribution in [0.3, 0.4) is 0 Å². The Balaban J connectivity index is 2.07. The van der Waals surface area contributed by atoms with Crippen LogP contribution in [0.15, 0.2) is 46.7 Å². The van der Waals surface area contributed by atoms with Crippen LogP contribution in [0, 0.1) is 0 Å². The van der Waals surface area contributed by atoms with Crippen molar-refractivity contribution >= 4 is 21.4 Å². The topological polar surface area (TPSA) is 66.4 Å². The summed E-state index contributed by atoms with van der Waals surface area (Å²) in [7, 11) is -3.61. The zero-order valence-corrected chi connectivity index (χ0v) is 14.5. The van der Waals surface area contributed by atoms with E-state index in [1.54, 1.807) is 18.2 Å². The lowest BCUT2D eigenvalue weighted by molar-refractivity contribution is 0.186. The maximum atomic E-state index is 12.2. The van der Waals surface area contributed by atoms with Crippen molar-refractivity contribution in [2.75, 3.05) is 6.54 Å². The van der Waals surface area contributed by atoms with Crippen molar-refractivity contribution < 1.29 is 13.5 Å². The third kappa shape index (κ3) is 4.16. The molecule has 0 aliphatic carbocycles. The van der Waals surface area contributed by atoms with E-state index >= 15 is 0 Å². The highest BCUT2D eigenvalue weighted by Crippen LogP contribution is 2.23. The molecule has 1 unspecified atom stereocenters. The standard InChI is InChI=1S/C16H21NO3S2/c1-16(2,3)12-6-8-13(9-7-12)22(19,20)17-11-14(18)15-5-4-10-21-15/h4-10,14,17-18H,11H2,1-3H3. The minimum atomic E-state index is -3.61. The van der Waals surface area contributed by atoms with Gasteiger partial charge >= 0.3 is 0 Å². The molecule has 0 bridgehead atoms. The maximum Gasteiger partial charge on any atom is 0.240 e. The van der Waals surface area contributed by atoms with Gasteiger partial charge in [0.15, 0.2) is 0 Å². The van der Waals surface area contributed by atoms with Crippen LogP contribution in [0.5, 0.6) is 0 Å². The van der Waals surface area contributed by atoms with Crippen LogP contribution >= 0.6 is 11.3 Å². The maximum absolute atomic E-state index is 12.2. The van der Waals surface area contributed by atoms with E-state index in [2.05, 4.69) is 25.5 Å². The highest BCUT2D eigenvalue weighted by atomic mass is 32.2. The van der Waals surface area contributed by atoms with Gasteiger partial charge in [-0.05, 0) is 34.6 Å². The molecule has 0 spiro atoms. The first-order chi connectivity index (χ1) is 10.2. The fourth-order valence-corrected chi connectivity index (χ4v) is 3.74. The zero-order valence-electron chi connectivity index (χ0n) is 12.9. The summed E-state index contributed by atoms with van der Waals surface area (Å²) in [6.45, 7) is 6.19. The molecule has 4 nitrogen and oxygen atoms in total. The van der Waals surface area contributed by atoms with Gasteiger partial charge in [-0.2, -0.15) is 0 Å². The molecular weight excluding hydrogens is 318 g/mol. The van der Waals surface area contributed by atoms with Crippen LogP contribution in [0.2, 0.25) is 0 Å². The Morgan fingerprint density at radius 3 is 2.32 bits per heavy atom. The van der Waals surface area contributed by atoms with Crippen molar-refractivity contribution in [3.8, 4) is 0 Å². The first-order valence-corrected chi connectivity index (χ1v) is 9.38. The monoisotopic (exact) mass is 339 g/mol. The number of aliphatic hydroxyl groups excluding tert-OH is 1. The molecule has 2 N–H and O–H groups in total. The second-order valence-electron chi connectivity index (χ2n) is 6.16. The lowest BCUT2D eigenvalue weighted by Crippen LogP contribution is -2.28. The van der Waals surface area contributed by atoms with Crippen molar-refractivity contribution in [1.29, 1.82) is 0 Å². The number of hydrogen-bond acceptors (Lipinski definition) is 4. The van der Waals surface area contributed by atoms with E-state index in [-0.39, 0.29) is 16.9 Å². The highest BCUT2D eigenvalue weighted by Gasteiger charge is 2.19. The Kier molecular flexibility index (Phi) is 5.07. The molecule has 1 aromatic heterocycles. The summed E-state index contributed by atoms with van der Waals surface area (Å²) in [6.07, 6.45) is -0.830. The van der Waals surface area contributed by atoms with Gasteiger partial charge in [0.25, 0.3) is 0 Å². The Bertz CT molecular complexity index is 699. The van der Waals surface area contributed by atoms with E-state index in [9.17, 15) is 13.5 Å². The predicted octanol–water partition coefficient (Wildman–Crippen LogP) is 3.06. The van der Waals surface area contributed by atoms with E-state index < -0.39 is 16.1 Å². The van der Waals surface area contributed by atoms with E-state index in [1.165, 1.54) is 11.3 Å². The molecule has 0 amide bonds. The SMILES string of the molecule is CC(C)(C)c1ccc(S(=O)(=O)NCC(O)c2cccs2)cc1. The van der Waals surface area contributed by atoms with E-state index in [0.29, 0.717) is 0 Å². The summed E-state index contributed by atoms with van der Waals surface area (Å²) in [5.74, 6) is 0. The molecule has 0 fully saturated rings. The van der Waals surface area contributed by atoms with Gasteiger partial charge in [-0.25, -0.2) is 13.1 Å². The van der Waals surface area contributed by atoms with Gasteiger partial charge in [0, 0.05) is 11.4 Å². The molecule has 1 aromatic carbocycles. The first kappa shape index (κ1) is 17.1. The van der Waals surface area contributed by atoms with E-state index in [4.69, 9.17) is 0 Å². The summed E-state index contributed by atoms with van der Waals surface area (Å²) >= 11 is 1.40. The number of thiophene rings is 1. The molecule has 0 radical (unpaired) electrons. The average molecular weight is 339 g/mol. The second kappa shape index (κ2) is 6.50. The van der Waals surface area contributed by atoms with Gasteiger partial charge < -0.3 is 5.11 Å². The highest BCUT2D eigenvalue weighted by molar-refractivity contribution is 7.89. The van der Waals surface area contributed by atoms with Crippen LogP contribution in [-0.2, 0) is 15.4 Å². The molecule has 1 heterocycles. The fourth-order valence-electron chi connectivity index (χ4n) is 1.99. The molecule has 0 aliphatic heterocycles. The van der Waals surface area contributed by atoms with Crippen LogP contribution in [0.1, 0.15) is 37.3 Å².